The van der Waals surface area contributed by atoms with Crippen LogP contribution in [0.15, 0.2) is 34.6 Å². The van der Waals surface area contributed by atoms with Crippen molar-refractivity contribution in [2.24, 2.45) is 16.5 Å². The molecule has 6 nitrogen and oxygen atoms in total. The van der Waals surface area contributed by atoms with Crippen LogP contribution in [0, 0.1) is 0 Å². The molecule has 0 spiro atoms. The highest BCUT2D eigenvalue weighted by Gasteiger charge is 2.05. The molecule has 0 bridgehead atoms. The fourth-order valence-corrected chi connectivity index (χ4v) is 2.34. The summed E-state index contributed by atoms with van der Waals surface area (Å²) < 4.78 is 0. The molecule has 2 rings (SSSR count). The number of thiazole rings is 1. The zero-order chi connectivity index (χ0) is 14.5. The fraction of sp³-hybridized carbons (Fsp3) is 0.154. The summed E-state index contributed by atoms with van der Waals surface area (Å²) in [4.78, 5) is 19.2. The number of nitrogens with zero attached hydrogens (tertiary/aromatic N) is 2. The van der Waals surface area contributed by atoms with Crippen molar-refractivity contribution in [2.75, 3.05) is 0 Å². The van der Waals surface area contributed by atoms with Gasteiger partial charge in [0, 0.05) is 24.4 Å². The lowest BCUT2D eigenvalue weighted by Crippen LogP contribution is -2.21. The maximum atomic E-state index is 10.9. The van der Waals surface area contributed by atoms with E-state index in [1.165, 1.54) is 18.3 Å². The van der Waals surface area contributed by atoms with Crippen molar-refractivity contribution >= 4 is 28.3 Å². The molecule has 0 radical (unpaired) electrons. The molecular formula is C13H15N5OS. The van der Waals surface area contributed by atoms with Crippen molar-refractivity contribution in [2.45, 2.75) is 13.5 Å². The molecule has 0 aliphatic heterocycles. The number of aliphatic imine (C=N–C) groups is 1. The fourth-order valence-electron chi connectivity index (χ4n) is 1.63. The normalized spacial score (nSPS) is 10.1. The molecule has 5 N–H and O–H groups in total. The van der Waals surface area contributed by atoms with Crippen molar-refractivity contribution in [3.05, 3.63) is 35.2 Å². The van der Waals surface area contributed by atoms with E-state index in [1.54, 1.807) is 0 Å². The predicted molar refractivity (Wildman–Crippen MR) is 80.5 cm³/mol. The maximum Gasteiger partial charge on any atom is 0.217 e. The van der Waals surface area contributed by atoms with Crippen LogP contribution in [0.2, 0.25) is 0 Å². The molecule has 0 fully saturated rings. The van der Waals surface area contributed by atoms with Crippen LogP contribution in [0.3, 0.4) is 0 Å². The average molecular weight is 289 g/mol. The van der Waals surface area contributed by atoms with Crippen molar-refractivity contribution in [3.63, 3.8) is 0 Å². The van der Waals surface area contributed by atoms with E-state index in [0.717, 1.165) is 16.8 Å². The Kier molecular flexibility index (Phi) is 4.31. The van der Waals surface area contributed by atoms with Crippen molar-refractivity contribution < 1.29 is 4.79 Å². The first-order chi connectivity index (χ1) is 9.54. The molecule has 0 aliphatic rings. The second-order valence-corrected chi connectivity index (χ2v) is 5.00. The first-order valence-electron chi connectivity index (χ1n) is 5.93. The lowest BCUT2D eigenvalue weighted by atomic mass is 10.1. The number of benzene rings is 1. The van der Waals surface area contributed by atoms with Gasteiger partial charge in [0.1, 0.15) is 0 Å². The molecule has 104 valence electrons. The number of guanidine groups is 1. The van der Waals surface area contributed by atoms with Crippen molar-refractivity contribution in [3.8, 4) is 11.3 Å². The zero-order valence-electron chi connectivity index (χ0n) is 11.0. The molecule has 0 saturated carbocycles. The average Bonchev–Trinajstić information content (AvgIpc) is 2.84. The highest BCUT2D eigenvalue weighted by molar-refractivity contribution is 7.13. The molecule has 1 aromatic carbocycles. The van der Waals surface area contributed by atoms with Gasteiger partial charge in [0.05, 0.1) is 5.69 Å². The van der Waals surface area contributed by atoms with Gasteiger partial charge in [-0.25, -0.2) is 4.98 Å². The number of nitrogens with two attached hydrogens (primary N) is 2. The van der Waals surface area contributed by atoms with Gasteiger partial charge in [-0.2, -0.15) is 4.99 Å². The molecular weight excluding hydrogens is 274 g/mol. The first-order valence-corrected chi connectivity index (χ1v) is 6.81. The highest BCUT2D eigenvalue weighted by Crippen LogP contribution is 2.27. The van der Waals surface area contributed by atoms with E-state index in [9.17, 15) is 4.79 Å². The van der Waals surface area contributed by atoms with Gasteiger partial charge in [-0.05, 0) is 11.6 Å². The number of amides is 1. The van der Waals surface area contributed by atoms with Crippen LogP contribution in [0.1, 0.15) is 12.5 Å². The molecule has 20 heavy (non-hydrogen) atoms. The summed E-state index contributed by atoms with van der Waals surface area (Å²) in [6.45, 7) is 1.99. The SMILES string of the molecule is CC(=O)NCc1cccc(-c2csc(N=C(N)N)n2)c1. The third kappa shape index (κ3) is 3.79. The summed E-state index contributed by atoms with van der Waals surface area (Å²) in [5, 5.41) is 5.17. The maximum absolute atomic E-state index is 10.9. The van der Waals surface area contributed by atoms with Crippen LogP contribution in [-0.4, -0.2) is 16.9 Å². The van der Waals surface area contributed by atoms with E-state index in [2.05, 4.69) is 15.3 Å². The molecule has 0 saturated heterocycles. The van der Waals surface area contributed by atoms with Crippen LogP contribution in [-0.2, 0) is 11.3 Å². The third-order valence-electron chi connectivity index (χ3n) is 2.48. The van der Waals surface area contributed by atoms with Gasteiger partial charge < -0.3 is 16.8 Å². The van der Waals surface area contributed by atoms with Crippen molar-refractivity contribution in [1.29, 1.82) is 0 Å². The molecule has 0 aliphatic carbocycles. The highest BCUT2D eigenvalue weighted by atomic mass is 32.1. The molecule has 0 atom stereocenters. The topological polar surface area (TPSA) is 106 Å². The Morgan fingerprint density at radius 1 is 1.45 bits per heavy atom. The number of aromatic nitrogens is 1. The summed E-state index contributed by atoms with van der Waals surface area (Å²) in [7, 11) is 0. The molecule has 1 heterocycles. The van der Waals surface area contributed by atoms with Crippen LogP contribution in [0.25, 0.3) is 11.3 Å². The van der Waals surface area contributed by atoms with Gasteiger partial charge in [-0.3, -0.25) is 4.79 Å². The minimum atomic E-state index is -0.0564. The Labute approximate surface area is 120 Å². The number of nitrogens with one attached hydrogen (secondary N) is 1. The molecule has 7 heteroatoms. The first kappa shape index (κ1) is 14.0. The Bertz CT molecular complexity index is 646. The third-order valence-corrected chi connectivity index (χ3v) is 3.22. The standard InChI is InChI=1S/C13H15N5OS/c1-8(19)16-6-9-3-2-4-10(5-9)11-7-20-13(17-11)18-12(14)15/h2-5,7H,6H2,1H3,(H,16,19)(H4,14,15,17,18). The largest absolute Gasteiger partial charge is 0.370 e. The lowest BCUT2D eigenvalue weighted by molar-refractivity contribution is -0.119. The number of hydrogen-bond donors (Lipinski definition) is 3. The van der Waals surface area contributed by atoms with Gasteiger partial charge in [-0.1, -0.05) is 18.2 Å². The van der Waals surface area contributed by atoms with Gasteiger partial charge in [0.25, 0.3) is 0 Å². The number of carbonyl (C=O) groups is 1. The van der Waals surface area contributed by atoms with Crippen LogP contribution in [0.4, 0.5) is 5.13 Å². The van der Waals surface area contributed by atoms with Crippen molar-refractivity contribution in [1.82, 2.24) is 10.3 Å². The number of hydrogen-bond acceptors (Lipinski definition) is 4. The van der Waals surface area contributed by atoms with E-state index in [4.69, 9.17) is 11.5 Å². The van der Waals surface area contributed by atoms with Gasteiger partial charge in [0.15, 0.2) is 5.96 Å². The summed E-state index contributed by atoms with van der Waals surface area (Å²) in [6, 6.07) is 7.80. The monoisotopic (exact) mass is 289 g/mol. The smallest absolute Gasteiger partial charge is 0.217 e. The minimum absolute atomic E-state index is 0.00897. The summed E-state index contributed by atoms with van der Waals surface area (Å²) in [5.41, 5.74) is 13.4. The number of carbonyl (C=O) groups excluding carboxylic acids is 1. The van der Waals surface area contributed by atoms with E-state index in [-0.39, 0.29) is 11.9 Å². The van der Waals surface area contributed by atoms with Gasteiger partial charge in [0.2, 0.25) is 11.0 Å². The molecule has 2 aromatic rings. The zero-order valence-corrected chi connectivity index (χ0v) is 11.8. The molecule has 1 aromatic heterocycles. The second-order valence-electron chi connectivity index (χ2n) is 4.16. The van der Waals surface area contributed by atoms with E-state index in [0.29, 0.717) is 11.7 Å². The van der Waals surface area contributed by atoms with Crippen LogP contribution >= 0.6 is 11.3 Å². The van der Waals surface area contributed by atoms with Crippen LogP contribution < -0.4 is 16.8 Å². The minimum Gasteiger partial charge on any atom is -0.370 e. The second kappa shape index (κ2) is 6.16. The molecule has 0 unspecified atom stereocenters. The van der Waals surface area contributed by atoms with E-state index in [1.807, 2.05) is 29.6 Å². The van der Waals surface area contributed by atoms with Gasteiger partial charge >= 0.3 is 0 Å². The quantitative estimate of drug-likeness (QED) is 0.583. The number of rotatable bonds is 4. The van der Waals surface area contributed by atoms with E-state index < -0.39 is 0 Å². The Balaban J connectivity index is 2.20. The summed E-state index contributed by atoms with van der Waals surface area (Å²) in [6.07, 6.45) is 0. The summed E-state index contributed by atoms with van der Waals surface area (Å²) in [5.74, 6) is -0.0654. The Hall–Kier alpha value is -2.41. The lowest BCUT2D eigenvalue weighted by Gasteiger charge is -2.04. The van der Waals surface area contributed by atoms with Gasteiger partial charge in [-0.15, -0.1) is 11.3 Å². The predicted octanol–water partition coefficient (Wildman–Crippen LogP) is 1.35. The summed E-state index contributed by atoms with van der Waals surface area (Å²) >= 11 is 1.37. The Morgan fingerprint density at radius 3 is 2.95 bits per heavy atom. The van der Waals surface area contributed by atoms with Crippen LogP contribution in [0.5, 0.6) is 0 Å². The Morgan fingerprint density at radius 2 is 2.25 bits per heavy atom. The van der Waals surface area contributed by atoms with E-state index >= 15 is 0 Å². The molecule has 1 amide bonds.